The van der Waals surface area contributed by atoms with Crippen LogP contribution < -0.4 is 5.32 Å². The van der Waals surface area contributed by atoms with Crippen LogP contribution in [0.5, 0.6) is 0 Å². The first-order chi connectivity index (χ1) is 11.4. The van der Waals surface area contributed by atoms with Crippen molar-refractivity contribution in [1.29, 1.82) is 0 Å². The van der Waals surface area contributed by atoms with Gasteiger partial charge in [-0.25, -0.2) is 0 Å². The van der Waals surface area contributed by atoms with E-state index in [1.807, 2.05) is 11.9 Å². The molecule has 1 aliphatic heterocycles. The third-order valence-corrected chi connectivity index (χ3v) is 5.61. The number of carbonyl (C=O) groups is 2. The molecule has 0 aromatic carbocycles. The van der Waals surface area contributed by atoms with Crippen molar-refractivity contribution in [1.82, 2.24) is 15.1 Å². The fourth-order valence-electron chi connectivity index (χ4n) is 3.99. The van der Waals surface area contributed by atoms with Gasteiger partial charge in [0.1, 0.15) is 0 Å². The molecule has 0 bridgehead atoms. The quantitative estimate of drug-likeness (QED) is 0.761. The second-order valence-corrected chi connectivity index (χ2v) is 7.51. The molecule has 1 unspecified atom stereocenters. The molecule has 1 atom stereocenters. The number of likely N-dealkylation sites (N-methyl/N-ethyl adjacent to an activating group) is 1. The van der Waals surface area contributed by atoms with E-state index in [2.05, 4.69) is 10.2 Å². The number of amides is 2. The van der Waals surface area contributed by atoms with Crippen LogP contribution in [0.15, 0.2) is 0 Å². The first kappa shape index (κ1) is 19.2. The molecule has 138 valence electrons. The molecule has 2 rings (SSSR count). The fourth-order valence-corrected chi connectivity index (χ4v) is 3.99. The second kappa shape index (κ2) is 8.81. The SMILES string of the molecule is CNC(=O)CCC1(O)CCCN(CC(=O)N(C)C2CCCCC2)C1. The number of β-amino-alcohol motifs (C(OH)–C–C–N with tert-alkyl or cyclic N) is 1. The van der Waals surface area contributed by atoms with Crippen LogP contribution in [0.25, 0.3) is 0 Å². The van der Waals surface area contributed by atoms with Gasteiger partial charge in [-0.3, -0.25) is 14.5 Å². The van der Waals surface area contributed by atoms with Gasteiger partial charge in [-0.2, -0.15) is 0 Å². The Balaban J connectivity index is 1.82. The summed E-state index contributed by atoms with van der Waals surface area (Å²) in [6.07, 6.45) is 8.28. The molecule has 6 nitrogen and oxygen atoms in total. The average Bonchev–Trinajstić information content (AvgIpc) is 2.59. The molecule has 2 amide bonds. The zero-order valence-corrected chi connectivity index (χ0v) is 15.2. The first-order valence-corrected chi connectivity index (χ1v) is 9.34. The van der Waals surface area contributed by atoms with Crippen LogP contribution in [0.1, 0.15) is 57.8 Å². The van der Waals surface area contributed by atoms with Crippen molar-refractivity contribution in [3.05, 3.63) is 0 Å². The smallest absolute Gasteiger partial charge is 0.236 e. The lowest BCUT2D eigenvalue weighted by Gasteiger charge is -2.40. The van der Waals surface area contributed by atoms with E-state index in [1.54, 1.807) is 7.05 Å². The number of piperidine rings is 1. The molecule has 0 aromatic rings. The lowest BCUT2D eigenvalue weighted by atomic mass is 9.88. The van der Waals surface area contributed by atoms with Crippen molar-refractivity contribution in [2.75, 3.05) is 33.7 Å². The number of carbonyl (C=O) groups excluding carboxylic acids is 2. The van der Waals surface area contributed by atoms with Crippen LogP contribution in [-0.2, 0) is 9.59 Å². The highest BCUT2D eigenvalue weighted by molar-refractivity contribution is 5.78. The molecule has 2 fully saturated rings. The Bertz CT molecular complexity index is 437. The summed E-state index contributed by atoms with van der Waals surface area (Å²) < 4.78 is 0. The van der Waals surface area contributed by atoms with Gasteiger partial charge in [-0.15, -0.1) is 0 Å². The monoisotopic (exact) mass is 339 g/mol. The molecule has 0 spiro atoms. The van der Waals surface area contributed by atoms with Crippen LogP contribution >= 0.6 is 0 Å². The largest absolute Gasteiger partial charge is 0.389 e. The number of hydrogen-bond acceptors (Lipinski definition) is 4. The van der Waals surface area contributed by atoms with Gasteiger partial charge in [0.15, 0.2) is 0 Å². The van der Waals surface area contributed by atoms with E-state index in [0.29, 0.717) is 38.4 Å². The van der Waals surface area contributed by atoms with Crippen molar-refractivity contribution in [2.24, 2.45) is 0 Å². The van der Waals surface area contributed by atoms with Crippen LogP contribution in [-0.4, -0.2) is 72.1 Å². The fraction of sp³-hybridized carbons (Fsp3) is 0.889. The standard InChI is InChI=1S/C18H33N3O3/c1-19-16(22)9-11-18(24)10-6-12-21(14-18)13-17(23)20(2)15-7-4-3-5-8-15/h15,24H,3-14H2,1-2H3,(H,19,22). The van der Waals surface area contributed by atoms with E-state index in [0.717, 1.165) is 25.8 Å². The Labute approximate surface area is 145 Å². The van der Waals surface area contributed by atoms with E-state index in [4.69, 9.17) is 0 Å². The minimum Gasteiger partial charge on any atom is -0.389 e. The zero-order valence-electron chi connectivity index (χ0n) is 15.2. The van der Waals surface area contributed by atoms with Crippen molar-refractivity contribution in [2.45, 2.75) is 69.4 Å². The van der Waals surface area contributed by atoms with Gasteiger partial charge in [-0.05, 0) is 38.6 Å². The highest BCUT2D eigenvalue weighted by Gasteiger charge is 2.34. The summed E-state index contributed by atoms with van der Waals surface area (Å²) in [5.74, 6) is 0.103. The summed E-state index contributed by atoms with van der Waals surface area (Å²) in [5.41, 5.74) is -0.853. The normalized spacial score (nSPS) is 26.1. The third kappa shape index (κ3) is 5.45. The molecule has 2 aliphatic rings. The molecule has 6 heteroatoms. The van der Waals surface area contributed by atoms with Crippen molar-refractivity contribution < 1.29 is 14.7 Å². The molecular formula is C18H33N3O3. The van der Waals surface area contributed by atoms with E-state index in [-0.39, 0.29) is 11.8 Å². The first-order valence-electron chi connectivity index (χ1n) is 9.34. The average molecular weight is 339 g/mol. The molecular weight excluding hydrogens is 306 g/mol. The van der Waals surface area contributed by atoms with E-state index >= 15 is 0 Å². The number of nitrogens with zero attached hydrogens (tertiary/aromatic N) is 2. The minimum absolute atomic E-state index is 0.0475. The highest BCUT2D eigenvalue weighted by Crippen LogP contribution is 2.26. The van der Waals surface area contributed by atoms with Gasteiger partial charge in [0.25, 0.3) is 0 Å². The predicted molar refractivity (Wildman–Crippen MR) is 93.6 cm³/mol. The summed E-state index contributed by atoms with van der Waals surface area (Å²) in [6.45, 7) is 1.69. The Hall–Kier alpha value is -1.14. The van der Waals surface area contributed by atoms with E-state index < -0.39 is 5.60 Å². The molecule has 1 aliphatic carbocycles. The molecule has 0 aromatic heterocycles. The van der Waals surface area contributed by atoms with Crippen molar-refractivity contribution in [3.63, 3.8) is 0 Å². The predicted octanol–water partition coefficient (Wildman–Crippen LogP) is 1.13. The molecule has 0 radical (unpaired) electrons. The van der Waals surface area contributed by atoms with Crippen LogP contribution in [0, 0.1) is 0 Å². The maximum Gasteiger partial charge on any atom is 0.236 e. The minimum atomic E-state index is -0.853. The number of hydrogen-bond donors (Lipinski definition) is 2. The van der Waals surface area contributed by atoms with E-state index in [1.165, 1.54) is 19.3 Å². The molecule has 1 heterocycles. The highest BCUT2D eigenvalue weighted by atomic mass is 16.3. The number of aliphatic hydroxyl groups is 1. The molecule has 2 N–H and O–H groups in total. The summed E-state index contributed by atoms with van der Waals surface area (Å²) in [7, 11) is 3.53. The summed E-state index contributed by atoms with van der Waals surface area (Å²) in [4.78, 5) is 28.0. The van der Waals surface area contributed by atoms with Gasteiger partial charge >= 0.3 is 0 Å². The van der Waals surface area contributed by atoms with Crippen LogP contribution in [0.2, 0.25) is 0 Å². The Morgan fingerprint density at radius 1 is 1.25 bits per heavy atom. The Morgan fingerprint density at radius 2 is 1.96 bits per heavy atom. The molecule has 24 heavy (non-hydrogen) atoms. The van der Waals surface area contributed by atoms with Gasteiger partial charge in [0, 0.05) is 33.1 Å². The van der Waals surface area contributed by atoms with Crippen molar-refractivity contribution in [3.8, 4) is 0 Å². The third-order valence-electron chi connectivity index (χ3n) is 5.61. The van der Waals surface area contributed by atoms with Crippen molar-refractivity contribution >= 4 is 11.8 Å². The maximum atomic E-state index is 12.6. The van der Waals surface area contributed by atoms with Gasteiger partial charge in [0.2, 0.25) is 11.8 Å². The number of nitrogens with one attached hydrogen (secondary N) is 1. The summed E-state index contributed by atoms with van der Waals surface area (Å²) >= 11 is 0. The molecule has 1 saturated carbocycles. The maximum absolute atomic E-state index is 12.6. The summed E-state index contributed by atoms with van der Waals surface area (Å²) in [6, 6.07) is 0.378. The second-order valence-electron chi connectivity index (χ2n) is 7.51. The number of likely N-dealkylation sites (tertiary alicyclic amines) is 1. The lowest BCUT2D eigenvalue weighted by molar-refractivity contribution is -0.136. The Kier molecular flexibility index (Phi) is 7.04. The molecule has 1 saturated heterocycles. The topological polar surface area (TPSA) is 72.9 Å². The number of rotatable bonds is 6. The summed E-state index contributed by atoms with van der Waals surface area (Å²) in [5, 5.41) is 13.3. The Morgan fingerprint density at radius 3 is 2.62 bits per heavy atom. The van der Waals surface area contributed by atoms with Crippen LogP contribution in [0.4, 0.5) is 0 Å². The zero-order chi connectivity index (χ0) is 17.6. The van der Waals surface area contributed by atoms with Gasteiger partial charge in [0.05, 0.1) is 12.1 Å². The van der Waals surface area contributed by atoms with Gasteiger partial charge < -0.3 is 15.3 Å². The van der Waals surface area contributed by atoms with Gasteiger partial charge in [-0.1, -0.05) is 19.3 Å². The lowest BCUT2D eigenvalue weighted by Crippen LogP contribution is -2.52. The van der Waals surface area contributed by atoms with Crippen LogP contribution in [0.3, 0.4) is 0 Å². The van der Waals surface area contributed by atoms with E-state index in [9.17, 15) is 14.7 Å².